The normalized spacial score (nSPS) is 16.1. The number of rotatable bonds is 8. The number of para-hydroxylation sites is 1. The zero-order valence-corrected chi connectivity index (χ0v) is 19.0. The van der Waals surface area contributed by atoms with E-state index in [1.54, 1.807) is 52.0 Å². The number of benzene rings is 1. The van der Waals surface area contributed by atoms with E-state index < -0.39 is 35.8 Å². The first-order chi connectivity index (χ1) is 15.4. The number of fused-ring (bicyclic) bond motifs is 1. The van der Waals surface area contributed by atoms with Crippen LogP contribution in [0.2, 0.25) is 0 Å². The molecule has 0 bridgehead atoms. The molecule has 174 valence electrons. The maximum Gasteiger partial charge on any atom is 0.415 e. The number of amides is 1. The molecule has 0 N–H and O–H groups in total. The van der Waals surface area contributed by atoms with Crippen molar-refractivity contribution in [2.24, 2.45) is 0 Å². The Kier molecular flexibility index (Phi) is 9.05. The summed E-state index contributed by atoms with van der Waals surface area (Å²) in [7, 11) is 1.20. The minimum atomic E-state index is -2.03. The van der Waals surface area contributed by atoms with Gasteiger partial charge < -0.3 is 23.7 Å². The number of carbonyl (C=O) groups is 3. The van der Waals surface area contributed by atoms with Crippen LogP contribution in [0.15, 0.2) is 24.3 Å². The van der Waals surface area contributed by atoms with E-state index in [1.807, 2.05) is 0 Å². The molecule has 32 heavy (non-hydrogen) atoms. The van der Waals surface area contributed by atoms with E-state index >= 15 is 0 Å². The Balaban J connectivity index is 2.81. The first-order valence-corrected chi connectivity index (χ1v) is 10.5. The summed E-state index contributed by atoms with van der Waals surface area (Å²) >= 11 is 0. The Bertz CT molecular complexity index is 863. The van der Waals surface area contributed by atoms with Crippen molar-refractivity contribution in [3.8, 4) is 11.8 Å². The van der Waals surface area contributed by atoms with Crippen molar-refractivity contribution >= 4 is 23.7 Å². The number of methoxy groups -OCH3 is 1. The number of carbonyl (C=O) groups excluding carboxylic acids is 3. The van der Waals surface area contributed by atoms with Gasteiger partial charge in [0.1, 0.15) is 6.04 Å². The van der Waals surface area contributed by atoms with E-state index in [9.17, 15) is 14.4 Å². The van der Waals surface area contributed by atoms with Gasteiger partial charge in [0.15, 0.2) is 0 Å². The Hall–Kier alpha value is -3.09. The number of ether oxygens (including phenoxy) is 5. The lowest BCUT2D eigenvalue weighted by Crippen LogP contribution is -2.57. The third kappa shape index (κ3) is 4.56. The standard InChI is InChI=1S/C23H29NO8/c1-6-29-19(30-7-2)15-14-18-23(20(25)31-8-3,21(26)32-9-4)16-12-10-11-13-17(16)24(18)22(27)28-5/h10-13,18-19H,6-9H2,1-5H3. The summed E-state index contributed by atoms with van der Waals surface area (Å²) in [6.07, 6.45) is -1.72. The van der Waals surface area contributed by atoms with Crippen molar-refractivity contribution in [2.75, 3.05) is 38.4 Å². The number of hydrogen-bond acceptors (Lipinski definition) is 8. The Morgan fingerprint density at radius 3 is 2.03 bits per heavy atom. The molecule has 1 amide bonds. The summed E-state index contributed by atoms with van der Waals surface area (Å²) in [5.41, 5.74) is -1.50. The van der Waals surface area contributed by atoms with Gasteiger partial charge in [-0.15, -0.1) is 0 Å². The van der Waals surface area contributed by atoms with E-state index in [2.05, 4.69) is 11.8 Å². The van der Waals surface area contributed by atoms with Gasteiger partial charge in [-0.2, -0.15) is 0 Å². The third-order valence-corrected chi connectivity index (χ3v) is 4.80. The first kappa shape index (κ1) is 25.2. The van der Waals surface area contributed by atoms with Gasteiger partial charge in [-0.05, 0) is 39.7 Å². The summed E-state index contributed by atoms with van der Waals surface area (Å²) in [5, 5.41) is 0. The molecule has 0 aromatic heterocycles. The molecule has 1 aliphatic heterocycles. The smallest absolute Gasteiger partial charge is 0.415 e. The van der Waals surface area contributed by atoms with Gasteiger partial charge >= 0.3 is 18.0 Å². The van der Waals surface area contributed by atoms with E-state index in [1.165, 1.54) is 7.11 Å². The van der Waals surface area contributed by atoms with Gasteiger partial charge in [-0.1, -0.05) is 24.1 Å². The lowest BCUT2D eigenvalue weighted by molar-refractivity contribution is -0.164. The van der Waals surface area contributed by atoms with Crippen LogP contribution in [0.4, 0.5) is 10.5 Å². The van der Waals surface area contributed by atoms with Crippen LogP contribution < -0.4 is 4.90 Å². The zero-order valence-electron chi connectivity index (χ0n) is 19.0. The highest BCUT2D eigenvalue weighted by Crippen LogP contribution is 2.47. The van der Waals surface area contributed by atoms with Gasteiger partial charge in [-0.3, -0.25) is 14.5 Å². The Morgan fingerprint density at radius 1 is 0.969 bits per heavy atom. The van der Waals surface area contributed by atoms with Crippen LogP contribution in [0, 0.1) is 11.8 Å². The van der Waals surface area contributed by atoms with Crippen molar-refractivity contribution in [2.45, 2.75) is 45.4 Å². The maximum absolute atomic E-state index is 13.4. The summed E-state index contributed by atoms with van der Waals surface area (Å²) < 4.78 is 26.5. The van der Waals surface area contributed by atoms with Crippen molar-refractivity contribution in [3.63, 3.8) is 0 Å². The average Bonchev–Trinajstić information content (AvgIpc) is 3.08. The first-order valence-electron chi connectivity index (χ1n) is 10.5. The molecular formula is C23H29NO8. The van der Waals surface area contributed by atoms with Crippen LogP contribution in [0.3, 0.4) is 0 Å². The minimum Gasteiger partial charge on any atom is -0.465 e. The highest BCUT2D eigenvalue weighted by molar-refractivity contribution is 6.14. The quantitative estimate of drug-likeness (QED) is 0.197. The van der Waals surface area contributed by atoms with Gasteiger partial charge in [0.05, 0.1) is 26.0 Å². The molecule has 9 heteroatoms. The van der Waals surface area contributed by atoms with Gasteiger partial charge in [0.25, 0.3) is 0 Å². The molecule has 2 rings (SSSR count). The molecule has 0 saturated heterocycles. The SMILES string of the molecule is CCOC(=O)C1(C(=O)OCC)c2ccccc2N(C(=O)OC)C1C#CC(OCC)OCC. The van der Waals surface area contributed by atoms with Crippen molar-refractivity contribution in [1.29, 1.82) is 0 Å². The molecular weight excluding hydrogens is 418 g/mol. The lowest BCUT2D eigenvalue weighted by Gasteiger charge is -2.31. The topological polar surface area (TPSA) is 101 Å². The number of hydrogen-bond donors (Lipinski definition) is 0. The fourth-order valence-corrected chi connectivity index (χ4v) is 3.57. The summed E-state index contributed by atoms with van der Waals surface area (Å²) in [4.78, 5) is 40.7. The average molecular weight is 447 g/mol. The number of anilines is 1. The predicted octanol–water partition coefficient (Wildman–Crippen LogP) is 2.41. The largest absolute Gasteiger partial charge is 0.465 e. The lowest BCUT2D eigenvalue weighted by atomic mass is 9.76. The summed E-state index contributed by atoms with van der Waals surface area (Å²) in [6, 6.07) is 5.19. The molecule has 0 radical (unpaired) electrons. The molecule has 1 heterocycles. The van der Waals surface area contributed by atoms with Crippen LogP contribution in [0.25, 0.3) is 0 Å². The summed E-state index contributed by atoms with van der Waals surface area (Å²) in [6.45, 7) is 7.48. The molecule has 1 aliphatic rings. The van der Waals surface area contributed by atoms with Crippen LogP contribution in [-0.2, 0) is 38.7 Å². The molecule has 1 atom stereocenters. The molecule has 9 nitrogen and oxygen atoms in total. The monoisotopic (exact) mass is 447 g/mol. The predicted molar refractivity (Wildman–Crippen MR) is 115 cm³/mol. The van der Waals surface area contributed by atoms with Gasteiger partial charge in [-0.25, -0.2) is 4.79 Å². The van der Waals surface area contributed by atoms with E-state index in [4.69, 9.17) is 23.7 Å². The number of nitrogens with zero attached hydrogens (tertiary/aromatic N) is 1. The fraction of sp³-hybridized carbons (Fsp3) is 0.522. The van der Waals surface area contributed by atoms with Crippen molar-refractivity contribution in [1.82, 2.24) is 0 Å². The molecule has 1 aromatic carbocycles. The fourth-order valence-electron chi connectivity index (χ4n) is 3.57. The Labute approximate surface area is 187 Å². The molecule has 1 unspecified atom stereocenters. The van der Waals surface area contributed by atoms with Crippen LogP contribution in [0.5, 0.6) is 0 Å². The van der Waals surface area contributed by atoms with Gasteiger partial charge in [0.2, 0.25) is 11.7 Å². The van der Waals surface area contributed by atoms with Crippen LogP contribution in [0.1, 0.15) is 33.3 Å². The Morgan fingerprint density at radius 2 is 1.53 bits per heavy atom. The molecule has 0 saturated carbocycles. The highest BCUT2D eigenvalue weighted by Gasteiger charge is 2.65. The van der Waals surface area contributed by atoms with Crippen LogP contribution in [-0.4, -0.2) is 63.9 Å². The summed E-state index contributed by atoms with van der Waals surface area (Å²) in [5.74, 6) is 3.90. The van der Waals surface area contributed by atoms with Crippen LogP contribution >= 0.6 is 0 Å². The number of esters is 2. The van der Waals surface area contributed by atoms with Crippen molar-refractivity contribution in [3.05, 3.63) is 29.8 Å². The highest BCUT2D eigenvalue weighted by atomic mass is 16.7. The molecule has 0 aliphatic carbocycles. The third-order valence-electron chi connectivity index (χ3n) is 4.80. The second-order valence-electron chi connectivity index (χ2n) is 6.54. The second-order valence-corrected chi connectivity index (χ2v) is 6.54. The maximum atomic E-state index is 13.4. The molecule has 0 fully saturated rings. The zero-order chi connectivity index (χ0) is 23.7. The van der Waals surface area contributed by atoms with Gasteiger partial charge in [0, 0.05) is 18.8 Å². The van der Waals surface area contributed by atoms with E-state index in [0.717, 1.165) is 4.90 Å². The van der Waals surface area contributed by atoms with Crippen molar-refractivity contribution < 1.29 is 38.1 Å². The van der Waals surface area contributed by atoms with E-state index in [-0.39, 0.29) is 18.8 Å². The molecule has 1 aromatic rings. The minimum absolute atomic E-state index is 0.0149. The van der Waals surface area contributed by atoms with E-state index in [0.29, 0.717) is 18.9 Å². The molecule has 0 spiro atoms. The second kappa shape index (κ2) is 11.5.